The number of sulfone groups is 1. The summed E-state index contributed by atoms with van der Waals surface area (Å²) in [6, 6.07) is 7.13. The summed E-state index contributed by atoms with van der Waals surface area (Å²) >= 11 is 0. The molecule has 1 aliphatic heterocycles. The Bertz CT molecular complexity index is 483. The second kappa shape index (κ2) is 4.54. The molecule has 1 aliphatic rings. The van der Waals surface area contributed by atoms with E-state index in [2.05, 4.69) is 5.32 Å². The Balaban J connectivity index is 2.06. The number of rotatable bonds is 3. The average molecular weight is 257 g/mol. The van der Waals surface area contributed by atoms with Crippen molar-refractivity contribution in [2.24, 2.45) is 0 Å². The van der Waals surface area contributed by atoms with Crippen molar-refractivity contribution < 1.29 is 18.3 Å². The minimum absolute atomic E-state index is 0.123. The number of nitrogens with one attached hydrogen (secondary N) is 1. The molecule has 6 heteroatoms. The molecule has 2 N–H and O–H groups in total. The van der Waals surface area contributed by atoms with Crippen LogP contribution in [0, 0.1) is 0 Å². The van der Waals surface area contributed by atoms with Crippen molar-refractivity contribution in [2.75, 3.05) is 23.9 Å². The molecule has 0 saturated carbocycles. The zero-order valence-corrected chi connectivity index (χ0v) is 10.3. The van der Waals surface area contributed by atoms with Crippen molar-refractivity contribution >= 4 is 15.5 Å². The monoisotopic (exact) mass is 257 g/mol. The quantitative estimate of drug-likeness (QED) is 0.812. The molecule has 0 amide bonds. The Hall–Kier alpha value is -1.27. The molecule has 0 bridgehead atoms. The molecule has 0 aliphatic carbocycles. The van der Waals surface area contributed by atoms with Gasteiger partial charge in [0.2, 0.25) is 0 Å². The summed E-state index contributed by atoms with van der Waals surface area (Å²) in [6.45, 7) is 0. The number of hydrogen-bond donors (Lipinski definition) is 2. The predicted molar refractivity (Wildman–Crippen MR) is 65.1 cm³/mol. The molecular weight excluding hydrogens is 242 g/mol. The number of aliphatic hydroxyl groups excluding tert-OH is 1. The topological polar surface area (TPSA) is 75.6 Å². The van der Waals surface area contributed by atoms with E-state index in [9.17, 15) is 13.5 Å². The largest absolute Gasteiger partial charge is 0.487 e. The molecule has 2 rings (SSSR count). The zero-order chi connectivity index (χ0) is 12.5. The molecule has 0 aromatic heterocycles. The van der Waals surface area contributed by atoms with Gasteiger partial charge in [-0.25, -0.2) is 8.42 Å². The fraction of sp³-hybridized carbons (Fsp3) is 0.455. The summed E-state index contributed by atoms with van der Waals surface area (Å²) < 4.78 is 28.0. The molecule has 1 saturated heterocycles. The first-order valence-electron chi connectivity index (χ1n) is 5.33. The van der Waals surface area contributed by atoms with Crippen LogP contribution in [0.3, 0.4) is 0 Å². The first-order chi connectivity index (χ1) is 8.00. The van der Waals surface area contributed by atoms with E-state index in [4.69, 9.17) is 4.74 Å². The molecule has 0 radical (unpaired) electrons. The third-order valence-corrected chi connectivity index (χ3v) is 4.39. The van der Waals surface area contributed by atoms with Gasteiger partial charge < -0.3 is 15.2 Å². The van der Waals surface area contributed by atoms with Gasteiger partial charge in [0.1, 0.15) is 18.0 Å². The Kier molecular flexibility index (Phi) is 3.26. The van der Waals surface area contributed by atoms with Gasteiger partial charge in [0.25, 0.3) is 0 Å². The minimum Gasteiger partial charge on any atom is -0.487 e. The van der Waals surface area contributed by atoms with Crippen molar-refractivity contribution in [1.82, 2.24) is 0 Å². The molecule has 0 spiro atoms. The number of anilines is 1. The van der Waals surface area contributed by atoms with Gasteiger partial charge in [-0.1, -0.05) is 0 Å². The maximum absolute atomic E-state index is 11.3. The van der Waals surface area contributed by atoms with Crippen LogP contribution in [0.25, 0.3) is 0 Å². The number of aliphatic hydroxyl groups is 1. The van der Waals surface area contributed by atoms with Crippen LogP contribution in [0.1, 0.15) is 0 Å². The summed E-state index contributed by atoms with van der Waals surface area (Å²) in [5.74, 6) is 0.221. The van der Waals surface area contributed by atoms with Crippen molar-refractivity contribution in [3.63, 3.8) is 0 Å². The van der Waals surface area contributed by atoms with Gasteiger partial charge in [0.15, 0.2) is 9.84 Å². The molecule has 2 unspecified atom stereocenters. The summed E-state index contributed by atoms with van der Waals surface area (Å²) in [5.41, 5.74) is 0.942. The molecule has 1 fully saturated rings. The van der Waals surface area contributed by atoms with Gasteiger partial charge in [0.05, 0.1) is 11.5 Å². The van der Waals surface area contributed by atoms with E-state index in [0.29, 0.717) is 5.75 Å². The number of hydrogen-bond acceptors (Lipinski definition) is 5. The highest BCUT2D eigenvalue weighted by Gasteiger charge is 2.38. The summed E-state index contributed by atoms with van der Waals surface area (Å²) in [5, 5.41) is 12.5. The van der Waals surface area contributed by atoms with Crippen LogP contribution in [0.2, 0.25) is 0 Å². The smallest absolute Gasteiger partial charge is 0.156 e. The average Bonchev–Trinajstić information content (AvgIpc) is 2.53. The van der Waals surface area contributed by atoms with Crippen LogP contribution in [-0.4, -0.2) is 44.3 Å². The molecule has 5 nitrogen and oxygen atoms in total. The number of benzene rings is 1. The van der Waals surface area contributed by atoms with E-state index >= 15 is 0 Å². The lowest BCUT2D eigenvalue weighted by atomic mass is 10.2. The van der Waals surface area contributed by atoms with Gasteiger partial charge in [-0.15, -0.1) is 0 Å². The summed E-state index contributed by atoms with van der Waals surface area (Å²) in [4.78, 5) is 0. The zero-order valence-electron chi connectivity index (χ0n) is 9.46. The van der Waals surface area contributed by atoms with Crippen molar-refractivity contribution in [3.8, 4) is 5.75 Å². The Labute approximate surface area is 100 Å². The van der Waals surface area contributed by atoms with Crippen molar-refractivity contribution in [3.05, 3.63) is 24.3 Å². The molecular formula is C11H15NO4S. The lowest BCUT2D eigenvalue weighted by molar-refractivity contribution is 0.0738. The first-order valence-corrected chi connectivity index (χ1v) is 7.15. The molecule has 2 atom stereocenters. The fourth-order valence-electron chi connectivity index (χ4n) is 1.78. The lowest BCUT2D eigenvalue weighted by Crippen LogP contribution is -2.29. The summed E-state index contributed by atoms with van der Waals surface area (Å²) in [7, 11) is -1.36. The van der Waals surface area contributed by atoms with Gasteiger partial charge in [0, 0.05) is 12.7 Å². The highest BCUT2D eigenvalue weighted by atomic mass is 32.2. The third-order valence-electron chi connectivity index (χ3n) is 2.70. The first kappa shape index (κ1) is 12.2. The molecule has 17 heavy (non-hydrogen) atoms. The fourth-order valence-corrected chi connectivity index (χ4v) is 3.45. The third kappa shape index (κ3) is 2.89. The van der Waals surface area contributed by atoms with E-state index in [0.717, 1.165) is 5.69 Å². The standard InChI is InChI=1S/C11H15NO4S/c1-12-8-2-4-9(5-3-8)16-11-7-17(14,15)6-10(11)13/h2-5,10-13H,6-7H2,1H3. The summed E-state index contributed by atoms with van der Waals surface area (Å²) in [6.07, 6.45) is -1.61. The van der Waals surface area contributed by atoms with Crippen LogP contribution in [0.5, 0.6) is 5.75 Å². The van der Waals surface area contributed by atoms with Gasteiger partial charge >= 0.3 is 0 Å². The highest BCUT2D eigenvalue weighted by Crippen LogP contribution is 2.21. The predicted octanol–water partition coefficient (Wildman–Crippen LogP) is 0.265. The molecule has 1 aromatic rings. The molecule has 94 valence electrons. The van der Waals surface area contributed by atoms with Crippen LogP contribution in [0.4, 0.5) is 5.69 Å². The maximum Gasteiger partial charge on any atom is 0.156 e. The Morgan fingerprint density at radius 2 is 1.94 bits per heavy atom. The number of ether oxygens (including phenoxy) is 1. The van der Waals surface area contributed by atoms with E-state index in [1.165, 1.54) is 0 Å². The Morgan fingerprint density at radius 1 is 1.29 bits per heavy atom. The van der Waals surface area contributed by atoms with Gasteiger partial charge in [-0.05, 0) is 24.3 Å². The van der Waals surface area contributed by atoms with E-state index in [-0.39, 0.29) is 11.5 Å². The van der Waals surface area contributed by atoms with Crippen LogP contribution in [0.15, 0.2) is 24.3 Å². The molecule has 1 heterocycles. The van der Waals surface area contributed by atoms with Gasteiger partial charge in [-0.3, -0.25) is 0 Å². The van der Waals surface area contributed by atoms with E-state index < -0.39 is 22.0 Å². The molecule has 1 aromatic carbocycles. The van der Waals surface area contributed by atoms with Crippen LogP contribution < -0.4 is 10.1 Å². The second-order valence-electron chi connectivity index (χ2n) is 4.07. The normalized spacial score (nSPS) is 26.7. The van der Waals surface area contributed by atoms with Crippen molar-refractivity contribution in [1.29, 1.82) is 0 Å². The van der Waals surface area contributed by atoms with E-state index in [1.807, 2.05) is 19.2 Å². The minimum atomic E-state index is -3.16. The van der Waals surface area contributed by atoms with E-state index in [1.54, 1.807) is 12.1 Å². The van der Waals surface area contributed by atoms with Crippen LogP contribution in [-0.2, 0) is 9.84 Å². The Morgan fingerprint density at radius 3 is 2.41 bits per heavy atom. The second-order valence-corrected chi connectivity index (χ2v) is 6.23. The lowest BCUT2D eigenvalue weighted by Gasteiger charge is -2.15. The SMILES string of the molecule is CNc1ccc(OC2CS(=O)(=O)CC2O)cc1. The maximum atomic E-state index is 11.3. The van der Waals surface area contributed by atoms with Gasteiger partial charge in [-0.2, -0.15) is 0 Å². The van der Waals surface area contributed by atoms with Crippen molar-refractivity contribution in [2.45, 2.75) is 12.2 Å². The van der Waals surface area contributed by atoms with Crippen LogP contribution >= 0.6 is 0 Å². The highest BCUT2D eigenvalue weighted by molar-refractivity contribution is 7.91.